The fraction of sp³-hybridized carbons (Fsp3) is 0.698. The molecule has 7 fully saturated rings. The van der Waals surface area contributed by atoms with Crippen LogP contribution in [0.15, 0.2) is 53.6 Å². The van der Waals surface area contributed by atoms with Crippen LogP contribution in [0.3, 0.4) is 0 Å². The number of phenolic OH excluding ortho intramolecular Hbond substituents is 1. The quantitative estimate of drug-likeness (QED) is 0.0914. The summed E-state index contributed by atoms with van der Waals surface area (Å²) in [5.41, 5.74) is 8.94. The molecule has 2 aromatic carbocycles. The van der Waals surface area contributed by atoms with Gasteiger partial charge < -0.3 is 36.4 Å². The van der Waals surface area contributed by atoms with Gasteiger partial charge in [0.25, 0.3) is 0 Å². The van der Waals surface area contributed by atoms with Gasteiger partial charge in [-0.05, 0) is 166 Å². The number of aliphatic hydroxyl groups excluding tert-OH is 2. The Morgan fingerprint density at radius 1 is 0.952 bits per heavy atom. The van der Waals surface area contributed by atoms with Crippen molar-refractivity contribution in [2.45, 2.75) is 173 Å². The summed E-state index contributed by atoms with van der Waals surface area (Å²) in [6, 6.07) is 14.0. The van der Waals surface area contributed by atoms with Crippen LogP contribution in [0.4, 0.5) is 5.69 Å². The van der Waals surface area contributed by atoms with E-state index >= 15 is 4.79 Å². The third-order valence-corrected chi connectivity index (χ3v) is 19.2. The van der Waals surface area contributed by atoms with Crippen molar-refractivity contribution in [2.75, 3.05) is 19.3 Å². The lowest BCUT2D eigenvalue weighted by Gasteiger charge is -2.73. The molecule has 9 heteroatoms. The Kier molecular flexibility index (Phi) is 10.5. The number of ether oxygens (including phenoxy) is 1. The first-order valence-corrected chi connectivity index (χ1v) is 24.0. The third-order valence-electron chi connectivity index (χ3n) is 19.2. The van der Waals surface area contributed by atoms with Crippen LogP contribution < -0.4 is 16.4 Å². The van der Waals surface area contributed by atoms with Crippen LogP contribution in [-0.4, -0.2) is 69.9 Å². The van der Waals surface area contributed by atoms with Crippen molar-refractivity contribution in [3.8, 4) is 5.75 Å². The molecule has 0 aromatic heterocycles. The Labute approximate surface area is 370 Å². The van der Waals surface area contributed by atoms with Crippen molar-refractivity contribution < 1.29 is 29.6 Å². The Morgan fingerprint density at radius 2 is 1.71 bits per heavy atom. The highest BCUT2D eigenvalue weighted by molar-refractivity contribution is 6.01. The average Bonchev–Trinajstić information content (AvgIpc) is 3.54. The first-order chi connectivity index (χ1) is 29.1. The lowest BCUT2D eigenvalue weighted by Crippen LogP contribution is -2.74. The van der Waals surface area contributed by atoms with Gasteiger partial charge in [0.1, 0.15) is 17.6 Å². The molecule has 0 amide bonds. The SMILES string of the molecule is CNCc1cc(O)cc([C@@]23CC[C@]4(NC[C@H](C)O)C[C@@]5(C)C(CCC6=C([C@H](C)C[C@@H](O)[C@@H]7O[C@]7(C)[C@H]7CCC[C@H]7c7cccc(N)c7)C(=O)C[C@@]65C)[C@@](C)(C2)[C@@H]4C(C)(C)C3=O)c1. The number of allylic oxidation sites excluding steroid dienone is 2. The number of nitrogens with two attached hydrogens (primary N) is 1. The summed E-state index contributed by atoms with van der Waals surface area (Å²) in [6.45, 7) is 18.8. The maximum absolute atomic E-state index is 15.4. The first kappa shape index (κ1) is 44.1. The van der Waals surface area contributed by atoms with Gasteiger partial charge in [-0.15, -0.1) is 0 Å². The van der Waals surface area contributed by atoms with Crippen molar-refractivity contribution in [1.82, 2.24) is 10.6 Å². The number of carbonyl (C=O) groups excluding carboxylic acids is 2. The van der Waals surface area contributed by atoms with Crippen molar-refractivity contribution in [3.05, 3.63) is 70.3 Å². The number of fused-ring (bicyclic) bond motifs is 5. The van der Waals surface area contributed by atoms with Crippen LogP contribution in [0.5, 0.6) is 5.75 Å². The minimum atomic E-state index is -0.791. The Bertz CT molecular complexity index is 2180. The summed E-state index contributed by atoms with van der Waals surface area (Å²) in [4.78, 5) is 30.2. The Morgan fingerprint density at radius 3 is 2.42 bits per heavy atom. The molecule has 7 N–H and O–H groups in total. The number of anilines is 1. The van der Waals surface area contributed by atoms with Gasteiger partial charge in [0.05, 0.1) is 23.2 Å². The summed E-state index contributed by atoms with van der Waals surface area (Å²) in [6.07, 6.45) is 7.35. The number of β-amino-alcohol motifs (C(OH)–C–C–N with tert-alkyl or cyclic N) is 1. The second-order valence-electron chi connectivity index (χ2n) is 23.3. The minimum absolute atomic E-state index is 0.00267. The van der Waals surface area contributed by atoms with Crippen LogP contribution in [-0.2, 0) is 26.3 Å². The second-order valence-corrected chi connectivity index (χ2v) is 23.3. The van der Waals surface area contributed by atoms with E-state index in [9.17, 15) is 20.1 Å². The van der Waals surface area contributed by atoms with Gasteiger partial charge >= 0.3 is 0 Å². The number of nitrogens with one attached hydrogen (secondary N) is 2. The van der Waals surface area contributed by atoms with Gasteiger partial charge in [0.15, 0.2) is 5.78 Å². The molecule has 7 aliphatic carbocycles. The molecule has 1 aliphatic heterocycles. The lowest BCUT2D eigenvalue weighted by molar-refractivity contribution is -0.213. The molecule has 0 spiro atoms. The number of rotatable bonds is 12. The molecule has 10 rings (SSSR count). The molecule has 4 bridgehead atoms. The van der Waals surface area contributed by atoms with E-state index in [0.29, 0.717) is 50.6 Å². The molecule has 14 atom stereocenters. The van der Waals surface area contributed by atoms with Crippen molar-refractivity contribution in [1.29, 1.82) is 0 Å². The maximum atomic E-state index is 15.4. The van der Waals surface area contributed by atoms with E-state index in [1.807, 2.05) is 32.2 Å². The van der Waals surface area contributed by atoms with Crippen LogP contribution >= 0.6 is 0 Å². The van der Waals surface area contributed by atoms with Gasteiger partial charge in [-0.1, -0.05) is 71.7 Å². The zero-order valence-electron chi connectivity index (χ0n) is 39.0. The Balaban J connectivity index is 1.06. The number of epoxide rings is 1. The van der Waals surface area contributed by atoms with E-state index in [2.05, 4.69) is 77.3 Å². The molecule has 9 nitrogen and oxygen atoms in total. The number of phenols is 1. The van der Waals surface area contributed by atoms with Crippen molar-refractivity contribution in [3.63, 3.8) is 0 Å². The summed E-state index contributed by atoms with van der Waals surface area (Å²) < 4.78 is 6.52. The third kappa shape index (κ3) is 6.24. The number of benzene rings is 2. The van der Waals surface area contributed by atoms with E-state index in [4.69, 9.17) is 10.5 Å². The number of hydrogen-bond acceptors (Lipinski definition) is 9. The number of aromatic hydroxyl groups is 1. The topological polar surface area (TPSA) is 157 Å². The number of Topliss-reactive ketones (excluding diaryl/α,β-unsaturated/α-hetero) is 2. The van der Waals surface area contributed by atoms with Crippen LogP contribution in [0, 0.1) is 45.3 Å². The maximum Gasteiger partial charge on any atom is 0.159 e. The molecule has 62 heavy (non-hydrogen) atoms. The smallest absolute Gasteiger partial charge is 0.159 e. The predicted molar refractivity (Wildman–Crippen MR) is 243 cm³/mol. The standard InChI is InChI=1S/C53H75N3O6/c1-30(20-40(59)44-51(8,62-44)38-15-11-14-37(38)33-12-10-13-35(54)23-33)43-39-16-17-42-48(5)28-52(34-21-32(27-55-9)22-36(58)24-34)18-19-53(56-26-31(2)57,45(48)47(3,4)46(52)61)29-50(42,7)49(39,6)25-41(43)60/h10,12-13,21-24,30-31,37-38,40,42,44-45,55-59H,11,14-20,25-29,54H2,1-9H3/t30-,31+,37+,38+,40-,42?,44+,45+,48-,49+,50+,51-,52-,53+/m1/s1. The molecule has 1 heterocycles. The normalized spacial score (nSPS) is 42.0. The second kappa shape index (κ2) is 14.7. The van der Waals surface area contributed by atoms with Crippen molar-refractivity contribution >= 4 is 17.3 Å². The lowest BCUT2D eigenvalue weighted by atomic mass is 9.32. The first-order valence-electron chi connectivity index (χ1n) is 24.0. The summed E-state index contributed by atoms with van der Waals surface area (Å²) in [5, 5.41) is 41.3. The van der Waals surface area contributed by atoms with Crippen LogP contribution in [0.25, 0.3) is 0 Å². The van der Waals surface area contributed by atoms with Gasteiger partial charge in [0.2, 0.25) is 0 Å². The monoisotopic (exact) mass is 850 g/mol. The van der Waals surface area contributed by atoms with E-state index in [1.54, 1.807) is 6.07 Å². The summed E-state index contributed by atoms with van der Waals surface area (Å²) >= 11 is 0. The minimum Gasteiger partial charge on any atom is -0.508 e. The van der Waals surface area contributed by atoms with Crippen LogP contribution in [0.1, 0.15) is 149 Å². The fourth-order valence-corrected chi connectivity index (χ4v) is 17.2. The van der Waals surface area contributed by atoms with E-state index < -0.39 is 39.6 Å². The number of nitrogen functional groups attached to an aromatic ring is 1. The van der Waals surface area contributed by atoms with Gasteiger partial charge in [-0.2, -0.15) is 0 Å². The average molecular weight is 850 g/mol. The van der Waals surface area contributed by atoms with Crippen molar-refractivity contribution in [2.24, 2.45) is 45.3 Å². The molecule has 1 saturated heterocycles. The number of carbonyl (C=O) groups is 2. The zero-order chi connectivity index (χ0) is 44.6. The van der Waals surface area contributed by atoms with Gasteiger partial charge in [-0.25, -0.2) is 0 Å². The molecule has 1 unspecified atom stereocenters. The fourth-order valence-electron chi connectivity index (χ4n) is 17.2. The van der Waals surface area contributed by atoms with Gasteiger partial charge in [-0.3, -0.25) is 9.59 Å². The highest BCUT2D eigenvalue weighted by Gasteiger charge is 2.78. The highest BCUT2D eigenvalue weighted by atomic mass is 16.6. The summed E-state index contributed by atoms with van der Waals surface area (Å²) in [7, 11) is 1.90. The van der Waals surface area contributed by atoms with E-state index in [0.717, 1.165) is 67.3 Å². The Hall–Kier alpha value is -3.08. The molecular formula is C53H75N3O6. The zero-order valence-corrected chi connectivity index (χ0v) is 39.0. The van der Waals surface area contributed by atoms with Crippen LogP contribution in [0.2, 0.25) is 0 Å². The molecule has 0 radical (unpaired) electrons. The molecule has 8 aliphatic rings. The number of hydrogen-bond donors (Lipinski definition) is 6. The largest absolute Gasteiger partial charge is 0.508 e. The number of aliphatic hydroxyl groups is 2. The summed E-state index contributed by atoms with van der Waals surface area (Å²) in [5.74, 6) is 1.43. The van der Waals surface area contributed by atoms with E-state index in [1.165, 1.54) is 11.1 Å². The molecular weight excluding hydrogens is 775 g/mol. The molecule has 2 aromatic rings. The number of ketones is 2. The predicted octanol–water partition coefficient (Wildman–Crippen LogP) is 8.28. The molecule has 338 valence electrons. The highest BCUT2D eigenvalue weighted by Crippen LogP contribution is 2.79. The molecule has 6 saturated carbocycles. The van der Waals surface area contributed by atoms with Gasteiger partial charge in [0, 0.05) is 41.6 Å². The van der Waals surface area contributed by atoms with E-state index in [-0.39, 0.29) is 52.0 Å².